The largest absolute Gasteiger partial charge is 0.495 e. The third-order valence-corrected chi connectivity index (χ3v) is 6.51. The molecule has 3 aromatic carbocycles. The number of methoxy groups -OCH3 is 1. The van der Waals surface area contributed by atoms with Crippen LogP contribution in [0.1, 0.15) is 0 Å². The maximum Gasteiger partial charge on any atom is 0.264 e. The lowest BCUT2D eigenvalue weighted by molar-refractivity contribution is -0.114. The average Bonchev–Trinajstić information content (AvgIpc) is 2.75. The molecule has 0 fully saturated rings. The summed E-state index contributed by atoms with van der Waals surface area (Å²) in [6, 6.07) is 19.0. The zero-order chi connectivity index (χ0) is 21.7. The summed E-state index contributed by atoms with van der Waals surface area (Å²) in [6.07, 6.45) is 0. The second-order valence-electron chi connectivity index (χ2n) is 6.17. The van der Waals surface area contributed by atoms with Crippen LogP contribution in [-0.2, 0) is 14.8 Å². The number of hydrogen-bond acceptors (Lipinski definition) is 4. The third kappa shape index (κ3) is 4.87. The van der Waals surface area contributed by atoms with Gasteiger partial charge in [0.1, 0.15) is 12.3 Å². The summed E-state index contributed by atoms with van der Waals surface area (Å²) in [7, 11) is -2.63. The minimum absolute atomic E-state index is 0.0458. The van der Waals surface area contributed by atoms with Crippen LogP contribution < -0.4 is 14.4 Å². The molecular formula is C21H18Cl2N2O4S. The van der Waals surface area contributed by atoms with Gasteiger partial charge in [-0.25, -0.2) is 8.42 Å². The number of nitrogens with zero attached hydrogens (tertiary/aromatic N) is 1. The number of carbonyl (C=O) groups is 1. The lowest BCUT2D eigenvalue weighted by atomic mass is 10.3. The first-order chi connectivity index (χ1) is 14.3. The van der Waals surface area contributed by atoms with Crippen molar-refractivity contribution in [1.29, 1.82) is 0 Å². The van der Waals surface area contributed by atoms with Crippen molar-refractivity contribution in [1.82, 2.24) is 0 Å². The fourth-order valence-electron chi connectivity index (χ4n) is 2.77. The number of nitrogens with one attached hydrogen (secondary N) is 1. The van der Waals surface area contributed by atoms with Crippen molar-refractivity contribution in [2.24, 2.45) is 0 Å². The van der Waals surface area contributed by atoms with Crippen LogP contribution in [0.5, 0.6) is 5.75 Å². The maximum atomic E-state index is 13.4. The topological polar surface area (TPSA) is 75.7 Å². The Morgan fingerprint density at radius 2 is 1.67 bits per heavy atom. The molecule has 0 bridgehead atoms. The Hall–Kier alpha value is -2.74. The van der Waals surface area contributed by atoms with Gasteiger partial charge in [-0.15, -0.1) is 0 Å². The molecule has 0 radical (unpaired) electrons. The van der Waals surface area contributed by atoms with Gasteiger partial charge < -0.3 is 10.1 Å². The van der Waals surface area contributed by atoms with Gasteiger partial charge in [-0.05, 0) is 42.5 Å². The predicted octanol–water partition coefficient (Wildman–Crippen LogP) is 4.84. The van der Waals surface area contributed by atoms with E-state index in [0.29, 0.717) is 10.8 Å². The number of ether oxygens (including phenoxy) is 1. The molecule has 1 amide bonds. The molecule has 3 rings (SSSR count). The van der Waals surface area contributed by atoms with Crippen molar-refractivity contribution in [3.05, 3.63) is 82.8 Å². The average molecular weight is 465 g/mol. The predicted molar refractivity (Wildman–Crippen MR) is 119 cm³/mol. The summed E-state index contributed by atoms with van der Waals surface area (Å²) < 4.78 is 33.0. The Balaban J connectivity index is 2.00. The number of rotatable bonds is 7. The number of sulfonamides is 1. The standard InChI is InChI=1S/C21H18Cl2N2O4S/c1-29-20-10-6-5-9-19(20)25(30(27,28)16-7-3-2-4-8-16)14-21(26)24-18-13-15(22)11-12-17(18)23/h2-13H,14H2,1H3,(H,24,26). The molecule has 6 nitrogen and oxygen atoms in total. The van der Waals surface area contributed by atoms with Gasteiger partial charge in [0.25, 0.3) is 10.0 Å². The van der Waals surface area contributed by atoms with E-state index in [9.17, 15) is 13.2 Å². The summed E-state index contributed by atoms with van der Waals surface area (Å²) in [4.78, 5) is 12.8. The minimum atomic E-state index is -4.06. The summed E-state index contributed by atoms with van der Waals surface area (Å²) in [5.41, 5.74) is 0.516. The first-order valence-electron chi connectivity index (χ1n) is 8.78. The first-order valence-corrected chi connectivity index (χ1v) is 11.0. The SMILES string of the molecule is COc1ccccc1N(CC(=O)Nc1cc(Cl)ccc1Cl)S(=O)(=O)c1ccccc1. The van der Waals surface area contributed by atoms with Gasteiger partial charge in [0.05, 0.1) is 28.4 Å². The Morgan fingerprint density at radius 3 is 2.37 bits per heavy atom. The molecule has 3 aromatic rings. The number of carbonyl (C=O) groups excluding carboxylic acids is 1. The lowest BCUT2D eigenvalue weighted by Gasteiger charge is -2.25. The summed E-state index contributed by atoms with van der Waals surface area (Å²) >= 11 is 12.1. The van der Waals surface area contributed by atoms with Crippen molar-refractivity contribution < 1.29 is 17.9 Å². The van der Waals surface area contributed by atoms with Crippen LogP contribution in [0.15, 0.2) is 77.7 Å². The Morgan fingerprint density at radius 1 is 1.00 bits per heavy atom. The van der Waals surface area contributed by atoms with Crippen LogP contribution in [-0.4, -0.2) is 28.0 Å². The highest BCUT2D eigenvalue weighted by atomic mass is 35.5. The Bertz CT molecular complexity index is 1150. The molecule has 1 N–H and O–H groups in total. The van der Waals surface area contributed by atoms with E-state index in [2.05, 4.69) is 5.32 Å². The first kappa shape index (κ1) is 22.0. The molecule has 30 heavy (non-hydrogen) atoms. The number of hydrogen-bond donors (Lipinski definition) is 1. The summed E-state index contributed by atoms with van der Waals surface area (Å²) in [5.74, 6) is -0.282. The normalized spacial score (nSPS) is 11.0. The molecule has 0 aliphatic rings. The van der Waals surface area contributed by atoms with Gasteiger partial charge in [-0.1, -0.05) is 53.5 Å². The lowest BCUT2D eigenvalue weighted by Crippen LogP contribution is -2.38. The van der Waals surface area contributed by atoms with E-state index >= 15 is 0 Å². The van der Waals surface area contributed by atoms with Crippen molar-refractivity contribution in [3.63, 3.8) is 0 Å². The van der Waals surface area contributed by atoms with E-state index in [1.807, 2.05) is 0 Å². The fourth-order valence-corrected chi connectivity index (χ4v) is 4.56. The van der Waals surface area contributed by atoms with Gasteiger partial charge in [0.2, 0.25) is 5.91 Å². The molecule has 0 aromatic heterocycles. The molecule has 0 atom stereocenters. The number of anilines is 2. The molecule has 156 valence electrons. The monoisotopic (exact) mass is 464 g/mol. The minimum Gasteiger partial charge on any atom is -0.495 e. The van der Waals surface area contributed by atoms with Gasteiger partial charge in [-0.3, -0.25) is 9.10 Å². The highest BCUT2D eigenvalue weighted by molar-refractivity contribution is 7.92. The smallest absolute Gasteiger partial charge is 0.264 e. The van der Waals surface area contributed by atoms with Crippen LogP contribution in [0.2, 0.25) is 10.0 Å². The molecule has 0 heterocycles. The third-order valence-electron chi connectivity index (χ3n) is 4.17. The zero-order valence-corrected chi connectivity index (χ0v) is 18.2. The van der Waals surface area contributed by atoms with Crippen molar-refractivity contribution >= 4 is 50.5 Å². The molecule has 0 aliphatic carbocycles. The van der Waals surface area contributed by atoms with Gasteiger partial charge in [0.15, 0.2) is 0 Å². The molecule has 0 saturated heterocycles. The fraction of sp³-hybridized carbons (Fsp3) is 0.0952. The van der Waals surface area contributed by atoms with Gasteiger partial charge >= 0.3 is 0 Å². The van der Waals surface area contributed by atoms with Crippen molar-refractivity contribution in [3.8, 4) is 5.75 Å². The summed E-state index contributed by atoms with van der Waals surface area (Å²) in [6.45, 7) is -0.500. The van der Waals surface area contributed by atoms with Crippen LogP contribution in [0.25, 0.3) is 0 Å². The molecule has 0 aliphatic heterocycles. The quantitative estimate of drug-likeness (QED) is 0.542. The van der Waals surface area contributed by atoms with Crippen LogP contribution >= 0.6 is 23.2 Å². The van der Waals surface area contributed by atoms with Gasteiger partial charge in [-0.2, -0.15) is 0 Å². The second kappa shape index (κ2) is 9.38. The number of para-hydroxylation sites is 2. The Labute approximate surface area is 185 Å². The zero-order valence-electron chi connectivity index (χ0n) is 15.9. The Kier molecular flexibility index (Phi) is 6.87. The molecular weight excluding hydrogens is 447 g/mol. The van der Waals surface area contributed by atoms with E-state index in [1.54, 1.807) is 48.5 Å². The van der Waals surface area contributed by atoms with E-state index in [0.717, 1.165) is 4.31 Å². The van der Waals surface area contributed by atoms with Crippen LogP contribution in [0, 0.1) is 0 Å². The number of benzene rings is 3. The van der Waals surface area contributed by atoms with Crippen LogP contribution in [0.4, 0.5) is 11.4 Å². The van der Waals surface area contributed by atoms with Gasteiger partial charge in [0, 0.05) is 5.02 Å². The second-order valence-corrected chi connectivity index (χ2v) is 8.87. The molecule has 0 saturated carbocycles. The van der Waals surface area contributed by atoms with Crippen molar-refractivity contribution in [2.75, 3.05) is 23.3 Å². The summed E-state index contributed by atoms with van der Waals surface area (Å²) in [5, 5.41) is 3.27. The molecule has 0 spiro atoms. The maximum absolute atomic E-state index is 13.4. The molecule has 9 heteroatoms. The highest BCUT2D eigenvalue weighted by Crippen LogP contribution is 2.32. The number of halogens is 2. The van der Waals surface area contributed by atoms with Crippen LogP contribution in [0.3, 0.4) is 0 Å². The number of amides is 1. The van der Waals surface area contributed by atoms with E-state index in [4.69, 9.17) is 27.9 Å². The molecule has 0 unspecified atom stereocenters. The van der Waals surface area contributed by atoms with E-state index in [1.165, 1.54) is 31.4 Å². The highest BCUT2D eigenvalue weighted by Gasteiger charge is 2.29. The van der Waals surface area contributed by atoms with E-state index in [-0.39, 0.29) is 21.3 Å². The van der Waals surface area contributed by atoms with E-state index < -0.39 is 22.5 Å². The van der Waals surface area contributed by atoms with Crippen molar-refractivity contribution in [2.45, 2.75) is 4.90 Å².